The summed E-state index contributed by atoms with van der Waals surface area (Å²) in [5, 5.41) is 7.11. The van der Waals surface area contributed by atoms with E-state index in [1.165, 1.54) is 5.38 Å². The number of carbonyl (C=O) groups excluding carboxylic acids is 1. The molecular weight excluding hydrogens is 250 g/mol. The van der Waals surface area contributed by atoms with Gasteiger partial charge in [0.1, 0.15) is 11.5 Å². The van der Waals surface area contributed by atoms with Crippen molar-refractivity contribution < 1.29 is 13.6 Å². The molecule has 1 aromatic carbocycles. The standard InChI is InChI=1S/C9H6F2N4OS/c10-4-1-5(11)8(6(12)2-4)13-9(16)7-3-17-15-14-7/h1-3H,12H2,(H,13,16). The smallest absolute Gasteiger partial charge is 0.277 e. The van der Waals surface area contributed by atoms with E-state index in [1.807, 2.05) is 0 Å². The lowest BCUT2D eigenvalue weighted by Crippen LogP contribution is -2.15. The zero-order valence-corrected chi connectivity index (χ0v) is 9.09. The molecule has 1 heterocycles. The minimum Gasteiger partial charge on any atom is -0.397 e. The molecule has 17 heavy (non-hydrogen) atoms. The van der Waals surface area contributed by atoms with Crippen LogP contribution in [0.2, 0.25) is 0 Å². The SMILES string of the molecule is Nc1cc(F)cc(F)c1NC(=O)c1csnn1. The third kappa shape index (κ3) is 2.36. The molecule has 0 spiro atoms. The highest BCUT2D eigenvalue weighted by Gasteiger charge is 2.15. The lowest BCUT2D eigenvalue weighted by Gasteiger charge is -2.07. The van der Waals surface area contributed by atoms with Gasteiger partial charge in [-0.05, 0) is 17.6 Å². The first-order chi connectivity index (χ1) is 8.08. The number of halogens is 2. The van der Waals surface area contributed by atoms with Gasteiger partial charge in [0.25, 0.3) is 5.91 Å². The molecule has 2 rings (SSSR count). The quantitative estimate of drug-likeness (QED) is 0.800. The maximum atomic E-state index is 13.3. The van der Waals surface area contributed by atoms with Crippen LogP contribution < -0.4 is 11.1 Å². The number of nitrogens with two attached hydrogens (primary N) is 1. The Hall–Kier alpha value is -2.09. The molecule has 0 saturated heterocycles. The van der Waals surface area contributed by atoms with E-state index >= 15 is 0 Å². The predicted octanol–water partition coefficient (Wildman–Crippen LogP) is 1.65. The van der Waals surface area contributed by atoms with Gasteiger partial charge >= 0.3 is 0 Å². The second kappa shape index (κ2) is 4.42. The fourth-order valence-corrected chi connectivity index (χ4v) is 1.60. The first-order valence-electron chi connectivity index (χ1n) is 4.41. The lowest BCUT2D eigenvalue weighted by molar-refractivity contribution is 0.102. The van der Waals surface area contributed by atoms with Crippen LogP contribution in [0.25, 0.3) is 0 Å². The predicted molar refractivity (Wildman–Crippen MR) is 58.6 cm³/mol. The van der Waals surface area contributed by atoms with E-state index in [0.717, 1.165) is 17.6 Å². The number of hydrogen-bond acceptors (Lipinski definition) is 5. The average Bonchev–Trinajstić information content (AvgIpc) is 2.76. The van der Waals surface area contributed by atoms with Crippen molar-refractivity contribution in [3.63, 3.8) is 0 Å². The fourth-order valence-electron chi connectivity index (χ4n) is 1.17. The van der Waals surface area contributed by atoms with Gasteiger partial charge in [0.05, 0.1) is 5.69 Å². The van der Waals surface area contributed by atoms with Crippen LogP contribution in [0.4, 0.5) is 20.2 Å². The minimum absolute atomic E-state index is 0.0399. The van der Waals surface area contributed by atoms with Gasteiger partial charge in [0, 0.05) is 11.4 Å². The summed E-state index contributed by atoms with van der Waals surface area (Å²) in [6, 6.07) is 1.54. The van der Waals surface area contributed by atoms with Crippen LogP contribution in [0.3, 0.4) is 0 Å². The second-order valence-electron chi connectivity index (χ2n) is 3.10. The summed E-state index contributed by atoms with van der Waals surface area (Å²) < 4.78 is 29.6. The number of aromatic nitrogens is 2. The number of nitrogen functional groups attached to an aromatic ring is 1. The van der Waals surface area contributed by atoms with Gasteiger partial charge in [0.15, 0.2) is 11.5 Å². The Morgan fingerprint density at radius 2 is 2.18 bits per heavy atom. The second-order valence-corrected chi connectivity index (χ2v) is 3.71. The van der Waals surface area contributed by atoms with Crippen LogP contribution in [0.15, 0.2) is 17.5 Å². The molecule has 0 unspecified atom stereocenters. The van der Waals surface area contributed by atoms with Crippen molar-refractivity contribution in [3.8, 4) is 0 Å². The minimum atomic E-state index is -0.945. The molecule has 0 radical (unpaired) electrons. The molecule has 0 bridgehead atoms. The van der Waals surface area contributed by atoms with Gasteiger partial charge in [-0.2, -0.15) is 0 Å². The molecule has 0 saturated carbocycles. The molecule has 0 aliphatic rings. The number of rotatable bonds is 2. The molecule has 1 amide bonds. The molecule has 88 valence electrons. The summed E-state index contributed by atoms with van der Waals surface area (Å²) in [7, 11) is 0. The Morgan fingerprint density at radius 3 is 2.76 bits per heavy atom. The van der Waals surface area contributed by atoms with Crippen LogP contribution in [0.1, 0.15) is 10.5 Å². The maximum absolute atomic E-state index is 13.3. The zero-order chi connectivity index (χ0) is 12.4. The number of carbonyl (C=O) groups is 1. The Bertz CT molecular complexity index is 535. The van der Waals surface area contributed by atoms with Crippen LogP contribution in [0, 0.1) is 11.6 Å². The van der Waals surface area contributed by atoms with Crippen LogP contribution in [-0.4, -0.2) is 15.5 Å². The average molecular weight is 256 g/mol. The number of hydrogen-bond donors (Lipinski definition) is 2. The Kier molecular flexibility index (Phi) is 2.96. The Morgan fingerprint density at radius 1 is 1.41 bits per heavy atom. The zero-order valence-electron chi connectivity index (χ0n) is 8.28. The largest absolute Gasteiger partial charge is 0.397 e. The number of amides is 1. The van der Waals surface area contributed by atoms with Crippen LogP contribution in [-0.2, 0) is 0 Å². The molecule has 0 atom stereocenters. The summed E-state index contributed by atoms with van der Waals surface area (Å²) in [6.07, 6.45) is 0. The summed E-state index contributed by atoms with van der Waals surface area (Å²) in [4.78, 5) is 11.5. The topological polar surface area (TPSA) is 80.9 Å². The van der Waals surface area contributed by atoms with Gasteiger partial charge in [-0.1, -0.05) is 4.49 Å². The summed E-state index contributed by atoms with van der Waals surface area (Å²) in [5.41, 5.74) is 4.97. The van der Waals surface area contributed by atoms with Crippen molar-refractivity contribution >= 4 is 28.8 Å². The molecule has 1 aromatic heterocycles. The van der Waals surface area contributed by atoms with E-state index in [0.29, 0.717) is 6.07 Å². The van der Waals surface area contributed by atoms with Crippen LogP contribution in [0.5, 0.6) is 0 Å². The monoisotopic (exact) mass is 256 g/mol. The van der Waals surface area contributed by atoms with Crippen molar-refractivity contribution in [2.75, 3.05) is 11.1 Å². The molecule has 3 N–H and O–H groups in total. The van der Waals surface area contributed by atoms with Gasteiger partial charge in [0.2, 0.25) is 0 Å². The third-order valence-electron chi connectivity index (χ3n) is 1.92. The number of benzene rings is 1. The van der Waals surface area contributed by atoms with Gasteiger partial charge < -0.3 is 11.1 Å². The van der Waals surface area contributed by atoms with Crippen molar-refractivity contribution in [1.82, 2.24) is 9.59 Å². The Balaban J connectivity index is 2.28. The summed E-state index contributed by atoms with van der Waals surface area (Å²) >= 11 is 0.982. The molecule has 8 heteroatoms. The normalized spacial score (nSPS) is 10.2. The van der Waals surface area contributed by atoms with Crippen molar-refractivity contribution in [3.05, 3.63) is 34.8 Å². The molecule has 0 aliphatic carbocycles. The highest BCUT2D eigenvalue weighted by molar-refractivity contribution is 7.03. The van der Waals surface area contributed by atoms with Crippen molar-refractivity contribution in [1.29, 1.82) is 0 Å². The first-order valence-corrected chi connectivity index (χ1v) is 5.24. The van der Waals surface area contributed by atoms with Crippen molar-refractivity contribution in [2.24, 2.45) is 0 Å². The molecule has 0 aliphatic heterocycles. The van der Waals surface area contributed by atoms with E-state index in [-0.39, 0.29) is 17.1 Å². The van der Waals surface area contributed by atoms with E-state index in [1.54, 1.807) is 0 Å². The third-order valence-corrected chi connectivity index (χ3v) is 2.42. The first kappa shape index (κ1) is 11.4. The number of nitrogens with one attached hydrogen (secondary N) is 1. The highest BCUT2D eigenvalue weighted by Crippen LogP contribution is 2.24. The fraction of sp³-hybridized carbons (Fsp3) is 0. The maximum Gasteiger partial charge on any atom is 0.277 e. The highest BCUT2D eigenvalue weighted by atomic mass is 32.1. The summed E-state index contributed by atoms with van der Waals surface area (Å²) in [5.74, 6) is -2.41. The van der Waals surface area contributed by atoms with Crippen molar-refractivity contribution in [2.45, 2.75) is 0 Å². The van der Waals surface area contributed by atoms with Gasteiger partial charge in [-0.15, -0.1) is 5.10 Å². The molecule has 2 aromatic rings. The Labute approximate surface area is 98.4 Å². The van der Waals surface area contributed by atoms with E-state index < -0.39 is 17.5 Å². The van der Waals surface area contributed by atoms with Gasteiger partial charge in [-0.25, -0.2) is 8.78 Å². The molecule has 0 fully saturated rings. The van der Waals surface area contributed by atoms with Crippen LogP contribution >= 0.6 is 11.5 Å². The summed E-state index contributed by atoms with van der Waals surface area (Å²) in [6.45, 7) is 0. The van der Waals surface area contributed by atoms with Gasteiger partial charge in [-0.3, -0.25) is 4.79 Å². The molecular formula is C9H6F2N4OS. The lowest BCUT2D eigenvalue weighted by atomic mass is 10.2. The van der Waals surface area contributed by atoms with E-state index in [2.05, 4.69) is 14.9 Å². The number of nitrogens with zero attached hydrogens (tertiary/aromatic N) is 2. The van der Waals surface area contributed by atoms with E-state index in [4.69, 9.17) is 5.73 Å². The number of anilines is 2. The molecule has 5 nitrogen and oxygen atoms in total. The van der Waals surface area contributed by atoms with E-state index in [9.17, 15) is 13.6 Å².